The fourth-order valence-corrected chi connectivity index (χ4v) is 6.64. The highest BCUT2D eigenvalue weighted by Crippen LogP contribution is 2.37. The van der Waals surface area contributed by atoms with Gasteiger partial charge in [0.15, 0.2) is 0 Å². The van der Waals surface area contributed by atoms with Gasteiger partial charge in [0.2, 0.25) is 11.8 Å². The van der Waals surface area contributed by atoms with Crippen molar-refractivity contribution in [2.24, 2.45) is 4.36 Å². The largest absolute Gasteiger partial charge is 0.481 e. The van der Waals surface area contributed by atoms with Gasteiger partial charge < -0.3 is 10.1 Å². The quantitative estimate of drug-likeness (QED) is 0.560. The van der Waals surface area contributed by atoms with E-state index in [1.807, 2.05) is 13.8 Å². The number of pyridine rings is 1. The van der Waals surface area contributed by atoms with E-state index in [-0.39, 0.29) is 5.92 Å². The number of anilines is 1. The summed E-state index contributed by atoms with van der Waals surface area (Å²) in [5.41, 5.74) is 2.01. The molecular formula is C22H20FN3O4S2. The van der Waals surface area contributed by atoms with E-state index in [0.29, 0.717) is 38.0 Å². The Balaban J connectivity index is 1.75. The summed E-state index contributed by atoms with van der Waals surface area (Å²) in [5, 5.41) is 4.45. The predicted molar refractivity (Wildman–Crippen MR) is 121 cm³/mol. The molecule has 1 aliphatic heterocycles. The van der Waals surface area contributed by atoms with Crippen molar-refractivity contribution in [3.63, 3.8) is 0 Å². The number of carbonyl (C=O) groups is 2. The first-order valence-corrected chi connectivity index (χ1v) is 12.3. The molecule has 166 valence electrons. The van der Waals surface area contributed by atoms with Gasteiger partial charge in [0.05, 0.1) is 27.4 Å². The van der Waals surface area contributed by atoms with Gasteiger partial charge in [-0.3, -0.25) is 9.59 Å². The van der Waals surface area contributed by atoms with Gasteiger partial charge in [-0.1, -0.05) is 13.8 Å². The molecule has 32 heavy (non-hydrogen) atoms. The second-order valence-electron chi connectivity index (χ2n) is 7.50. The van der Waals surface area contributed by atoms with Crippen LogP contribution >= 0.6 is 11.3 Å². The van der Waals surface area contributed by atoms with E-state index in [4.69, 9.17) is 4.74 Å². The van der Waals surface area contributed by atoms with Crippen molar-refractivity contribution >= 4 is 38.6 Å². The summed E-state index contributed by atoms with van der Waals surface area (Å²) >= 11 is 1.15. The Morgan fingerprint density at radius 1 is 1.28 bits per heavy atom. The Bertz CT molecular complexity index is 1360. The number of ether oxygens (including phenoxy) is 1. The average Bonchev–Trinajstić information content (AvgIpc) is 3.33. The summed E-state index contributed by atoms with van der Waals surface area (Å²) in [4.78, 5) is 29.7. The number of nitrogens with one attached hydrogen (secondary N) is 1. The van der Waals surface area contributed by atoms with Crippen LogP contribution in [0.3, 0.4) is 0 Å². The lowest BCUT2D eigenvalue weighted by Crippen LogP contribution is -2.23. The number of rotatable bonds is 6. The van der Waals surface area contributed by atoms with Crippen LogP contribution < -0.4 is 10.1 Å². The number of benzene rings is 1. The first kappa shape index (κ1) is 22.1. The molecule has 0 aliphatic carbocycles. The smallest absolute Gasteiger partial charge is 0.296 e. The molecule has 0 fully saturated rings. The minimum Gasteiger partial charge on any atom is -0.481 e. The van der Waals surface area contributed by atoms with Crippen LogP contribution in [0.25, 0.3) is 11.1 Å². The lowest BCUT2D eigenvalue weighted by atomic mass is 9.94. The van der Waals surface area contributed by atoms with Crippen molar-refractivity contribution in [1.82, 2.24) is 4.98 Å². The maximum atomic E-state index is 14.5. The van der Waals surface area contributed by atoms with Crippen LogP contribution in [0, 0.1) is 5.82 Å². The third-order valence-electron chi connectivity index (χ3n) is 5.00. The molecule has 0 saturated heterocycles. The van der Waals surface area contributed by atoms with Crippen molar-refractivity contribution < 1.29 is 22.9 Å². The van der Waals surface area contributed by atoms with Crippen molar-refractivity contribution in [2.45, 2.75) is 24.7 Å². The van der Waals surface area contributed by atoms with Gasteiger partial charge in [-0.2, -0.15) is 4.36 Å². The lowest BCUT2D eigenvalue weighted by molar-refractivity contribution is -0.113. The van der Waals surface area contributed by atoms with Gasteiger partial charge in [-0.05, 0) is 46.7 Å². The SMILES string of the molecule is COc1cc(-c2cc(F)cc(C(C)C)c2NC(=O)CS2(=O)=NC(=O)c3sccc32)ccn1. The molecule has 10 heteroatoms. The molecule has 2 amide bonds. The molecule has 0 bridgehead atoms. The molecule has 0 radical (unpaired) electrons. The van der Waals surface area contributed by atoms with E-state index in [9.17, 15) is 18.2 Å². The molecule has 1 aliphatic rings. The number of amides is 2. The van der Waals surface area contributed by atoms with Gasteiger partial charge in [0.1, 0.15) is 16.4 Å². The molecule has 1 N–H and O–H groups in total. The van der Waals surface area contributed by atoms with E-state index in [0.717, 1.165) is 11.3 Å². The number of halogens is 1. The average molecular weight is 474 g/mol. The highest BCUT2D eigenvalue weighted by Gasteiger charge is 2.32. The van der Waals surface area contributed by atoms with Crippen LogP contribution in [0.5, 0.6) is 5.88 Å². The molecule has 1 unspecified atom stereocenters. The van der Waals surface area contributed by atoms with Crippen LogP contribution in [0.1, 0.15) is 35.0 Å². The lowest BCUT2D eigenvalue weighted by Gasteiger charge is -2.19. The van der Waals surface area contributed by atoms with Crippen molar-refractivity contribution in [2.75, 3.05) is 18.2 Å². The number of fused-ring (bicyclic) bond motifs is 1. The Morgan fingerprint density at radius 2 is 2.06 bits per heavy atom. The molecule has 3 aromatic rings. The first-order valence-electron chi connectivity index (χ1n) is 9.72. The van der Waals surface area contributed by atoms with Crippen molar-refractivity contribution in [1.29, 1.82) is 0 Å². The molecule has 1 aromatic carbocycles. The van der Waals surface area contributed by atoms with E-state index >= 15 is 0 Å². The van der Waals surface area contributed by atoms with Crippen LogP contribution in [-0.2, 0) is 14.5 Å². The molecule has 2 aromatic heterocycles. The summed E-state index contributed by atoms with van der Waals surface area (Å²) in [7, 11) is -1.72. The standard InChI is InChI=1S/C22H20FN3O4S2/c1-12(2)15-9-14(23)10-16(13-4-6-24-19(8-13)30-3)20(15)25-18(27)11-32(29)17-5-7-31-21(17)22(28)26-32/h4-10,12H,11H2,1-3H3,(H,25,27). The minimum absolute atomic E-state index is 0.113. The van der Waals surface area contributed by atoms with Gasteiger partial charge in [0, 0.05) is 17.8 Å². The molecule has 4 rings (SSSR count). The third kappa shape index (κ3) is 4.03. The van der Waals surface area contributed by atoms with Gasteiger partial charge in [0.25, 0.3) is 5.91 Å². The topological polar surface area (TPSA) is 97.7 Å². The zero-order valence-corrected chi connectivity index (χ0v) is 19.2. The van der Waals surface area contributed by atoms with Crippen molar-refractivity contribution in [3.8, 4) is 17.0 Å². The van der Waals surface area contributed by atoms with E-state index in [1.54, 1.807) is 23.6 Å². The zero-order valence-electron chi connectivity index (χ0n) is 17.5. The number of hydrogen-bond acceptors (Lipinski definition) is 6. The molecule has 0 spiro atoms. The second kappa shape index (κ2) is 8.44. The van der Waals surface area contributed by atoms with E-state index < -0.39 is 33.1 Å². The highest BCUT2D eigenvalue weighted by atomic mass is 32.2. The number of hydrogen-bond donors (Lipinski definition) is 1. The Kier molecular flexibility index (Phi) is 5.83. The van der Waals surface area contributed by atoms with Crippen LogP contribution in [0.15, 0.2) is 51.2 Å². The fraction of sp³-hybridized carbons (Fsp3) is 0.227. The second-order valence-corrected chi connectivity index (χ2v) is 10.6. The van der Waals surface area contributed by atoms with E-state index in [1.165, 1.54) is 25.4 Å². The van der Waals surface area contributed by atoms with Crippen molar-refractivity contribution in [3.05, 3.63) is 58.2 Å². The normalized spacial score (nSPS) is 17.2. The van der Waals surface area contributed by atoms with Crippen LogP contribution in [0.4, 0.5) is 10.1 Å². The van der Waals surface area contributed by atoms with Crippen LogP contribution in [-0.4, -0.2) is 33.9 Å². The molecule has 0 saturated carbocycles. The predicted octanol–water partition coefficient (Wildman–Crippen LogP) is 4.70. The molecule has 3 heterocycles. The number of carbonyl (C=O) groups excluding carboxylic acids is 2. The zero-order chi connectivity index (χ0) is 23.0. The number of methoxy groups -OCH3 is 1. The summed E-state index contributed by atoms with van der Waals surface area (Å²) in [6.07, 6.45) is 1.53. The number of nitrogens with zero attached hydrogens (tertiary/aromatic N) is 2. The molecular weight excluding hydrogens is 453 g/mol. The summed E-state index contributed by atoms with van der Waals surface area (Å²) in [6, 6.07) is 7.56. The highest BCUT2D eigenvalue weighted by molar-refractivity contribution is 7.95. The van der Waals surface area contributed by atoms with Gasteiger partial charge >= 0.3 is 0 Å². The van der Waals surface area contributed by atoms with Gasteiger partial charge in [-0.25, -0.2) is 13.6 Å². The molecule has 1 atom stereocenters. The Hall–Kier alpha value is -3.11. The fourth-order valence-electron chi connectivity index (χ4n) is 3.53. The van der Waals surface area contributed by atoms with E-state index in [2.05, 4.69) is 14.7 Å². The maximum absolute atomic E-state index is 14.5. The Morgan fingerprint density at radius 3 is 2.78 bits per heavy atom. The number of aromatic nitrogens is 1. The Labute approximate surface area is 188 Å². The maximum Gasteiger partial charge on any atom is 0.296 e. The summed E-state index contributed by atoms with van der Waals surface area (Å²) in [5.74, 6) is -1.85. The first-order chi connectivity index (χ1) is 15.2. The number of thiophene rings is 1. The molecule has 7 nitrogen and oxygen atoms in total. The van der Waals surface area contributed by atoms with Gasteiger partial charge in [-0.15, -0.1) is 11.3 Å². The summed E-state index contributed by atoms with van der Waals surface area (Å²) in [6.45, 7) is 3.76. The van der Waals surface area contributed by atoms with Crippen LogP contribution in [0.2, 0.25) is 0 Å². The minimum atomic E-state index is -3.20. The third-order valence-corrected chi connectivity index (χ3v) is 8.17. The monoisotopic (exact) mass is 473 g/mol. The summed E-state index contributed by atoms with van der Waals surface area (Å²) < 4.78 is 36.7.